The fourth-order valence-electron chi connectivity index (χ4n) is 1.99. The number of hydrogen-bond donors (Lipinski definition) is 2. The van der Waals surface area contributed by atoms with Crippen LogP contribution in [0.1, 0.15) is 25.8 Å². The van der Waals surface area contributed by atoms with Gasteiger partial charge in [0.1, 0.15) is 5.84 Å². The molecule has 0 bridgehead atoms. The fourth-order valence-corrected chi connectivity index (χ4v) is 2.44. The molecule has 0 unspecified atom stereocenters. The predicted molar refractivity (Wildman–Crippen MR) is 87.3 cm³/mol. The van der Waals surface area contributed by atoms with E-state index < -0.39 is 0 Å². The molecule has 0 aromatic heterocycles. The summed E-state index contributed by atoms with van der Waals surface area (Å²) in [4.78, 5) is 14.2. The molecule has 1 aromatic rings. The lowest BCUT2D eigenvalue weighted by Crippen LogP contribution is -2.37. The molecule has 0 aliphatic heterocycles. The molecule has 0 saturated carbocycles. The van der Waals surface area contributed by atoms with Crippen LogP contribution < -0.4 is 5.73 Å². The number of carbonyl (C=O) groups is 1. The van der Waals surface area contributed by atoms with Crippen molar-refractivity contribution in [3.63, 3.8) is 0 Å². The number of nitrogens with two attached hydrogens (primary N) is 1. The van der Waals surface area contributed by atoms with Crippen LogP contribution in [0.3, 0.4) is 0 Å². The Bertz CT molecular complexity index is 503. The van der Waals surface area contributed by atoms with Gasteiger partial charge in [-0.1, -0.05) is 47.1 Å². The van der Waals surface area contributed by atoms with E-state index in [2.05, 4.69) is 34.9 Å². The van der Waals surface area contributed by atoms with Gasteiger partial charge in [0.25, 0.3) is 0 Å². The zero-order chi connectivity index (χ0) is 15.8. The van der Waals surface area contributed by atoms with Crippen molar-refractivity contribution in [2.45, 2.75) is 26.7 Å². The van der Waals surface area contributed by atoms with Gasteiger partial charge in [-0.3, -0.25) is 4.79 Å². The van der Waals surface area contributed by atoms with E-state index in [0.29, 0.717) is 31.8 Å². The highest BCUT2D eigenvalue weighted by Gasteiger charge is 2.16. The van der Waals surface area contributed by atoms with Crippen LogP contribution in [0.4, 0.5) is 0 Å². The first kappa shape index (κ1) is 17.5. The van der Waals surface area contributed by atoms with Crippen LogP contribution in [-0.2, 0) is 11.2 Å². The molecule has 0 saturated heterocycles. The first-order valence-electron chi connectivity index (χ1n) is 6.91. The summed E-state index contributed by atoms with van der Waals surface area (Å²) in [6, 6.07) is 7.71. The van der Waals surface area contributed by atoms with Crippen molar-refractivity contribution in [1.82, 2.24) is 4.90 Å². The standard InChI is InChI=1S/C15H22BrN3O2/c1-11(2)10-19(7-6-14(17)18-21)15(20)9-12-4-3-5-13(16)8-12/h3-5,8,11,21H,6-7,9-10H2,1-2H3,(H2,17,18). The molecule has 0 atom stereocenters. The van der Waals surface area contributed by atoms with E-state index in [4.69, 9.17) is 10.9 Å². The molecule has 0 spiro atoms. The molecule has 6 heteroatoms. The molecule has 0 radical (unpaired) electrons. The van der Waals surface area contributed by atoms with Gasteiger partial charge >= 0.3 is 0 Å². The largest absolute Gasteiger partial charge is 0.409 e. The van der Waals surface area contributed by atoms with Crippen molar-refractivity contribution in [2.75, 3.05) is 13.1 Å². The summed E-state index contributed by atoms with van der Waals surface area (Å²) < 4.78 is 0.958. The van der Waals surface area contributed by atoms with E-state index in [0.717, 1.165) is 10.0 Å². The number of amidine groups is 1. The van der Waals surface area contributed by atoms with Gasteiger partial charge in [0.2, 0.25) is 5.91 Å². The van der Waals surface area contributed by atoms with E-state index in [1.54, 1.807) is 4.90 Å². The lowest BCUT2D eigenvalue weighted by Gasteiger charge is -2.24. The summed E-state index contributed by atoms with van der Waals surface area (Å²) in [7, 11) is 0. The number of nitrogens with zero attached hydrogens (tertiary/aromatic N) is 2. The number of hydrogen-bond acceptors (Lipinski definition) is 3. The predicted octanol–water partition coefficient (Wildman–Crippen LogP) is 2.61. The third kappa shape index (κ3) is 6.62. The Labute approximate surface area is 133 Å². The first-order chi connectivity index (χ1) is 9.92. The van der Waals surface area contributed by atoms with Gasteiger partial charge in [0, 0.05) is 24.0 Å². The number of benzene rings is 1. The summed E-state index contributed by atoms with van der Waals surface area (Å²) in [5, 5.41) is 11.5. The van der Waals surface area contributed by atoms with Gasteiger partial charge in [0.05, 0.1) is 6.42 Å². The topological polar surface area (TPSA) is 78.9 Å². The summed E-state index contributed by atoms with van der Waals surface area (Å²) in [5.74, 6) is 0.551. The van der Waals surface area contributed by atoms with E-state index in [1.807, 2.05) is 24.3 Å². The lowest BCUT2D eigenvalue weighted by atomic mass is 10.1. The Morgan fingerprint density at radius 2 is 2.19 bits per heavy atom. The Morgan fingerprint density at radius 1 is 1.48 bits per heavy atom. The monoisotopic (exact) mass is 355 g/mol. The third-order valence-corrected chi connectivity index (χ3v) is 3.44. The molecular formula is C15H22BrN3O2. The second-order valence-corrected chi connectivity index (χ2v) is 6.30. The highest BCUT2D eigenvalue weighted by atomic mass is 79.9. The minimum absolute atomic E-state index is 0.0486. The van der Waals surface area contributed by atoms with Crippen LogP contribution in [0.5, 0.6) is 0 Å². The van der Waals surface area contributed by atoms with Crippen LogP contribution in [0.25, 0.3) is 0 Å². The molecule has 0 aliphatic rings. The molecular weight excluding hydrogens is 334 g/mol. The van der Waals surface area contributed by atoms with Crippen molar-refractivity contribution < 1.29 is 10.0 Å². The lowest BCUT2D eigenvalue weighted by molar-refractivity contribution is -0.130. The minimum Gasteiger partial charge on any atom is -0.409 e. The number of rotatable bonds is 7. The van der Waals surface area contributed by atoms with Gasteiger partial charge in [-0.15, -0.1) is 0 Å². The maximum atomic E-state index is 12.4. The van der Waals surface area contributed by atoms with Crippen molar-refractivity contribution >= 4 is 27.7 Å². The van der Waals surface area contributed by atoms with Crippen LogP contribution in [-0.4, -0.2) is 34.9 Å². The molecule has 1 rings (SSSR count). The number of carbonyl (C=O) groups excluding carboxylic acids is 1. The normalized spacial score (nSPS) is 11.7. The van der Waals surface area contributed by atoms with E-state index in [1.165, 1.54) is 0 Å². The zero-order valence-electron chi connectivity index (χ0n) is 12.4. The van der Waals surface area contributed by atoms with Crippen LogP contribution >= 0.6 is 15.9 Å². The highest BCUT2D eigenvalue weighted by molar-refractivity contribution is 9.10. The molecule has 0 heterocycles. The van der Waals surface area contributed by atoms with Crippen molar-refractivity contribution in [1.29, 1.82) is 0 Å². The Kier molecular flexibility index (Phi) is 7.22. The van der Waals surface area contributed by atoms with Crippen molar-refractivity contribution in [2.24, 2.45) is 16.8 Å². The number of halogens is 1. The van der Waals surface area contributed by atoms with E-state index >= 15 is 0 Å². The Morgan fingerprint density at radius 3 is 2.76 bits per heavy atom. The molecule has 0 aliphatic carbocycles. The Hall–Kier alpha value is -1.56. The maximum absolute atomic E-state index is 12.4. The molecule has 1 aromatic carbocycles. The van der Waals surface area contributed by atoms with Crippen LogP contribution in [0.2, 0.25) is 0 Å². The number of amides is 1. The van der Waals surface area contributed by atoms with E-state index in [9.17, 15) is 4.79 Å². The SMILES string of the molecule is CC(C)CN(CCC(N)=NO)C(=O)Cc1cccc(Br)c1. The average molecular weight is 356 g/mol. The second kappa shape index (κ2) is 8.67. The highest BCUT2D eigenvalue weighted by Crippen LogP contribution is 2.13. The van der Waals surface area contributed by atoms with Gasteiger partial charge in [-0.25, -0.2) is 0 Å². The minimum atomic E-state index is 0.0486. The average Bonchev–Trinajstić information content (AvgIpc) is 2.42. The van der Waals surface area contributed by atoms with Crippen molar-refractivity contribution in [3.05, 3.63) is 34.3 Å². The fraction of sp³-hybridized carbons (Fsp3) is 0.467. The zero-order valence-corrected chi connectivity index (χ0v) is 14.0. The van der Waals surface area contributed by atoms with E-state index in [-0.39, 0.29) is 11.7 Å². The quantitative estimate of drug-likeness (QED) is 0.341. The summed E-state index contributed by atoms with van der Waals surface area (Å²) in [5.41, 5.74) is 6.45. The molecule has 116 valence electrons. The maximum Gasteiger partial charge on any atom is 0.227 e. The summed E-state index contributed by atoms with van der Waals surface area (Å²) >= 11 is 3.40. The van der Waals surface area contributed by atoms with Gasteiger partial charge in [0.15, 0.2) is 0 Å². The van der Waals surface area contributed by atoms with Crippen LogP contribution in [0, 0.1) is 5.92 Å². The third-order valence-electron chi connectivity index (χ3n) is 2.95. The first-order valence-corrected chi connectivity index (χ1v) is 7.70. The van der Waals surface area contributed by atoms with Gasteiger partial charge < -0.3 is 15.8 Å². The molecule has 21 heavy (non-hydrogen) atoms. The van der Waals surface area contributed by atoms with Crippen LogP contribution in [0.15, 0.2) is 33.9 Å². The Balaban J connectivity index is 2.70. The molecule has 1 amide bonds. The molecule has 0 fully saturated rings. The summed E-state index contributed by atoms with van der Waals surface area (Å²) in [6.45, 7) is 5.23. The smallest absolute Gasteiger partial charge is 0.227 e. The van der Waals surface area contributed by atoms with Gasteiger partial charge in [-0.05, 0) is 23.6 Å². The number of oxime groups is 1. The van der Waals surface area contributed by atoms with Crippen molar-refractivity contribution in [3.8, 4) is 0 Å². The molecule has 3 N–H and O–H groups in total. The summed E-state index contributed by atoms with van der Waals surface area (Å²) in [6.07, 6.45) is 0.718. The molecule has 5 nitrogen and oxygen atoms in total. The second-order valence-electron chi connectivity index (χ2n) is 5.38. The van der Waals surface area contributed by atoms with Gasteiger partial charge in [-0.2, -0.15) is 0 Å².